The van der Waals surface area contributed by atoms with Crippen LogP contribution in [-0.4, -0.2) is 7.11 Å². The highest BCUT2D eigenvalue weighted by atomic mass is 19.1. The maximum absolute atomic E-state index is 14.9. The molecule has 1 nitrogen and oxygen atoms in total. The van der Waals surface area contributed by atoms with E-state index in [1.54, 1.807) is 24.3 Å². The van der Waals surface area contributed by atoms with Gasteiger partial charge in [0.25, 0.3) is 0 Å². The van der Waals surface area contributed by atoms with Crippen LogP contribution in [0.3, 0.4) is 0 Å². The van der Waals surface area contributed by atoms with Crippen LogP contribution in [0.2, 0.25) is 0 Å². The van der Waals surface area contributed by atoms with Crippen molar-refractivity contribution in [3.05, 3.63) is 66.3 Å². The summed E-state index contributed by atoms with van der Waals surface area (Å²) in [6, 6.07) is 9.94. The Morgan fingerprint density at radius 1 is 0.933 bits per heavy atom. The molecule has 4 unspecified atom stereocenters. The summed E-state index contributed by atoms with van der Waals surface area (Å²) < 4.78 is 34.4. The molecule has 4 rings (SSSR count). The van der Waals surface area contributed by atoms with Crippen LogP contribution in [0.4, 0.5) is 8.78 Å². The molecule has 4 atom stereocenters. The maximum atomic E-state index is 14.9. The summed E-state index contributed by atoms with van der Waals surface area (Å²) in [7, 11) is 1.49. The molecule has 0 spiro atoms. The third-order valence-corrected chi connectivity index (χ3v) is 7.43. The fraction of sp³-hybridized carbons (Fsp3) is 0.481. The van der Waals surface area contributed by atoms with Crippen LogP contribution in [0.1, 0.15) is 62.8 Å². The number of allylic oxidation sites excluding steroid dienone is 1. The summed E-state index contributed by atoms with van der Waals surface area (Å²) in [6.45, 7) is 3.86. The van der Waals surface area contributed by atoms with E-state index in [1.165, 1.54) is 45.3 Å². The molecule has 0 amide bonds. The second kappa shape index (κ2) is 9.32. The van der Waals surface area contributed by atoms with Gasteiger partial charge in [-0.2, -0.15) is 0 Å². The molecule has 2 aromatic rings. The fourth-order valence-electron chi connectivity index (χ4n) is 5.75. The van der Waals surface area contributed by atoms with Gasteiger partial charge in [0.2, 0.25) is 0 Å². The van der Waals surface area contributed by atoms with Crippen molar-refractivity contribution in [1.82, 2.24) is 0 Å². The number of methoxy groups -OCH3 is 1. The van der Waals surface area contributed by atoms with E-state index in [0.29, 0.717) is 17.2 Å². The molecule has 0 bridgehead atoms. The van der Waals surface area contributed by atoms with Crippen molar-refractivity contribution in [1.29, 1.82) is 0 Å². The molecule has 0 aliphatic heterocycles. The van der Waals surface area contributed by atoms with Crippen molar-refractivity contribution in [2.24, 2.45) is 17.8 Å². The van der Waals surface area contributed by atoms with Gasteiger partial charge in [-0.15, -0.1) is 6.58 Å². The van der Waals surface area contributed by atoms with Gasteiger partial charge < -0.3 is 4.74 Å². The molecule has 2 fully saturated rings. The molecule has 2 aromatic carbocycles. The van der Waals surface area contributed by atoms with Crippen LogP contribution < -0.4 is 4.74 Å². The van der Waals surface area contributed by atoms with E-state index in [-0.39, 0.29) is 11.4 Å². The Hall–Kier alpha value is -2.16. The topological polar surface area (TPSA) is 9.23 Å². The number of fused-ring (bicyclic) bond motifs is 1. The summed E-state index contributed by atoms with van der Waals surface area (Å²) in [4.78, 5) is 0. The lowest BCUT2D eigenvalue weighted by atomic mass is 9.63. The normalized spacial score (nSPS) is 26.1. The molecule has 0 heterocycles. The highest BCUT2D eigenvalue weighted by Gasteiger charge is 2.35. The lowest BCUT2D eigenvalue weighted by Crippen LogP contribution is -2.30. The second-order valence-electron chi connectivity index (χ2n) is 9.16. The predicted molar refractivity (Wildman–Crippen MR) is 119 cm³/mol. The van der Waals surface area contributed by atoms with E-state index >= 15 is 0 Å². The van der Waals surface area contributed by atoms with Crippen LogP contribution in [0.15, 0.2) is 49.1 Å². The molecule has 2 aliphatic rings. The lowest BCUT2D eigenvalue weighted by molar-refractivity contribution is 0.115. The minimum absolute atomic E-state index is 0.279. The maximum Gasteiger partial charge on any atom is 0.134 e. The number of benzene rings is 2. The molecule has 0 aromatic heterocycles. The number of ether oxygens (including phenoxy) is 1. The Labute approximate surface area is 179 Å². The van der Waals surface area contributed by atoms with Gasteiger partial charge in [-0.25, -0.2) is 8.78 Å². The number of hydrogen-bond acceptors (Lipinski definition) is 1. The van der Waals surface area contributed by atoms with E-state index < -0.39 is 5.82 Å². The number of rotatable bonds is 6. The quantitative estimate of drug-likeness (QED) is 0.440. The minimum Gasteiger partial charge on any atom is -0.497 e. The van der Waals surface area contributed by atoms with E-state index in [1.807, 2.05) is 12.1 Å². The first-order chi connectivity index (χ1) is 14.6. The standard InChI is InChI=1S/C27H32F2O/c1-3-4-5-18-6-7-20-15-21(9-8-19(20)14-18)22-10-12-24(26(28)16-22)25-13-11-23(30-2)17-27(25)29/h3,10-13,16-21H,1,4-9,14-15H2,2H3. The van der Waals surface area contributed by atoms with E-state index in [2.05, 4.69) is 6.58 Å². The van der Waals surface area contributed by atoms with Gasteiger partial charge in [0.05, 0.1) is 7.11 Å². The van der Waals surface area contributed by atoms with E-state index in [0.717, 1.165) is 42.6 Å². The van der Waals surface area contributed by atoms with Crippen LogP contribution in [-0.2, 0) is 0 Å². The molecule has 2 aliphatic carbocycles. The molecule has 0 saturated heterocycles. The molecule has 3 heteroatoms. The molecule has 0 N–H and O–H groups in total. The first-order valence-corrected chi connectivity index (χ1v) is 11.3. The Morgan fingerprint density at radius 2 is 1.63 bits per heavy atom. The summed E-state index contributed by atoms with van der Waals surface area (Å²) in [6.07, 6.45) is 12.0. The summed E-state index contributed by atoms with van der Waals surface area (Å²) in [5.41, 5.74) is 1.66. The van der Waals surface area contributed by atoms with Gasteiger partial charge in [-0.3, -0.25) is 0 Å². The van der Waals surface area contributed by atoms with Crippen molar-refractivity contribution in [2.75, 3.05) is 7.11 Å². The van der Waals surface area contributed by atoms with E-state index in [9.17, 15) is 8.78 Å². The Kier molecular flexibility index (Phi) is 6.55. The molecule has 0 radical (unpaired) electrons. The summed E-state index contributed by atoms with van der Waals surface area (Å²) in [5.74, 6) is 2.51. The minimum atomic E-state index is -0.463. The zero-order valence-electron chi connectivity index (χ0n) is 17.9. The van der Waals surface area contributed by atoms with Crippen molar-refractivity contribution >= 4 is 0 Å². The third-order valence-electron chi connectivity index (χ3n) is 7.43. The van der Waals surface area contributed by atoms with Gasteiger partial charge in [-0.05, 0) is 92.4 Å². The molecule has 2 saturated carbocycles. The molecule has 30 heavy (non-hydrogen) atoms. The highest BCUT2D eigenvalue weighted by molar-refractivity contribution is 5.66. The SMILES string of the molecule is C=CCCC1CCC2CC(c3ccc(-c4ccc(OC)cc4F)c(F)c3)CCC2C1. The van der Waals surface area contributed by atoms with Gasteiger partial charge >= 0.3 is 0 Å². The van der Waals surface area contributed by atoms with Crippen LogP contribution in [0.5, 0.6) is 5.75 Å². The monoisotopic (exact) mass is 410 g/mol. The first kappa shape index (κ1) is 21.1. The summed E-state index contributed by atoms with van der Waals surface area (Å²) >= 11 is 0. The number of halogens is 2. The van der Waals surface area contributed by atoms with Crippen LogP contribution >= 0.6 is 0 Å². The Morgan fingerprint density at radius 3 is 2.33 bits per heavy atom. The average molecular weight is 411 g/mol. The Bertz CT molecular complexity index is 890. The predicted octanol–water partition coefficient (Wildman–Crippen LogP) is 7.91. The smallest absolute Gasteiger partial charge is 0.134 e. The summed E-state index contributed by atoms with van der Waals surface area (Å²) in [5, 5.41) is 0. The van der Waals surface area contributed by atoms with Crippen LogP contribution in [0, 0.1) is 29.4 Å². The largest absolute Gasteiger partial charge is 0.497 e. The molecular weight excluding hydrogens is 378 g/mol. The molecule has 160 valence electrons. The highest BCUT2D eigenvalue weighted by Crippen LogP contribution is 2.48. The Balaban J connectivity index is 1.45. The third kappa shape index (κ3) is 4.45. The van der Waals surface area contributed by atoms with Gasteiger partial charge in [0.1, 0.15) is 17.4 Å². The number of hydrogen-bond donors (Lipinski definition) is 0. The second-order valence-corrected chi connectivity index (χ2v) is 9.16. The fourth-order valence-corrected chi connectivity index (χ4v) is 5.75. The van der Waals surface area contributed by atoms with Gasteiger partial charge in [0, 0.05) is 17.2 Å². The van der Waals surface area contributed by atoms with Crippen LogP contribution in [0.25, 0.3) is 11.1 Å². The van der Waals surface area contributed by atoms with Crippen molar-refractivity contribution < 1.29 is 13.5 Å². The molecular formula is C27H32F2O. The van der Waals surface area contributed by atoms with E-state index in [4.69, 9.17) is 4.74 Å². The van der Waals surface area contributed by atoms with Gasteiger partial charge in [-0.1, -0.05) is 24.6 Å². The van der Waals surface area contributed by atoms with Crippen molar-refractivity contribution in [2.45, 2.75) is 57.3 Å². The first-order valence-electron chi connectivity index (χ1n) is 11.3. The van der Waals surface area contributed by atoms with Gasteiger partial charge in [0.15, 0.2) is 0 Å². The van der Waals surface area contributed by atoms with Crippen molar-refractivity contribution in [3.63, 3.8) is 0 Å². The van der Waals surface area contributed by atoms with Crippen molar-refractivity contribution in [3.8, 4) is 16.9 Å². The zero-order chi connectivity index (χ0) is 21.1. The zero-order valence-corrected chi connectivity index (χ0v) is 17.9. The average Bonchev–Trinajstić information content (AvgIpc) is 2.77. The lowest BCUT2D eigenvalue weighted by Gasteiger charge is -2.42.